The molecule has 0 amide bonds. The van der Waals surface area contributed by atoms with Crippen molar-refractivity contribution in [1.82, 2.24) is 0 Å². The van der Waals surface area contributed by atoms with Crippen molar-refractivity contribution in [3.63, 3.8) is 0 Å². The average Bonchev–Trinajstić information content (AvgIpc) is 2.67. The molecule has 0 heterocycles. The highest BCUT2D eigenvalue weighted by Crippen LogP contribution is 2.28. The summed E-state index contributed by atoms with van der Waals surface area (Å²) in [6.07, 6.45) is 2.13. The molecule has 0 N–H and O–H groups in total. The summed E-state index contributed by atoms with van der Waals surface area (Å²) < 4.78 is 1.02. The Morgan fingerprint density at radius 2 is 1.44 bits per heavy atom. The van der Waals surface area contributed by atoms with E-state index >= 15 is 0 Å². The number of hydrogen-bond donors (Lipinski definition) is 0. The van der Waals surface area contributed by atoms with Crippen molar-refractivity contribution in [3.8, 4) is 11.8 Å². The molecule has 0 fully saturated rings. The van der Waals surface area contributed by atoms with Crippen LogP contribution in [0.1, 0.15) is 22.6 Å². The summed E-state index contributed by atoms with van der Waals surface area (Å²) in [5.74, 6) is 6.60. The first kappa shape index (κ1) is 17.5. The molecule has 0 radical (unpaired) electrons. The summed E-state index contributed by atoms with van der Waals surface area (Å²) >= 11 is 9.72. The monoisotopic (exact) mass is 406 g/mol. The molecule has 1 atom stereocenters. The van der Waals surface area contributed by atoms with Crippen molar-refractivity contribution in [2.45, 2.75) is 5.92 Å². The zero-order valence-electron chi connectivity index (χ0n) is 13.5. The Morgan fingerprint density at radius 1 is 0.840 bits per heavy atom. The smallest absolute Gasteiger partial charge is 0.0650 e. The van der Waals surface area contributed by atoms with Crippen LogP contribution in [0.2, 0.25) is 5.02 Å². The maximum absolute atomic E-state index is 6.03. The Bertz CT molecular complexity index is 901. The molecule has 25 heavy (non-hydrogen) atoms. The van der Waals surface area contributed by atoms with E-state index in [0.29, 0.717) is 0 Å². The van der Waals surface area contributed by atoms with Gasteiger partial charge in [-0.15, -0.1) is 0 Å². The maximum Gasteiger partial charge on any atom is 0.0650 e. The molecule has 122 valence electrons. The van der Waals surface area contributed by atoms with Gasteiger partial charge in [0.1, 0.15) is 0 Å². The van der Waals surface area contributed by atoms with Crippen molar-refractivity contribution in [3.05, 3.63) is 113 Å². The van der Waals surface area contributed by atoms with Gasteiger partial charge in [0.2, 0.25) is 0 Å². The van der Waals surface area contributed by atoms with Gasteiger partial charge in [-0.3, -0.25) is 0 Å². The van der Waals surface area contributed by atoms with Crippen LogP contribution in [0.4, 0.5) is 0 Å². The first-order chi connectivity index (χ1) is 12.2. The SMILES string of the molecule is Clc1ccc(C(C#Cc2ccccc2)/C=C(\Br)c2ccccc2)cc1. The molecule has 1 unspecified atom stereocenters. The molecule has 0 saturated heterocycles. The average molecular weight is 408 g/mol. The zero-order chi connectivity index (χ0) is 17.5. The molecule has 3 aromatic carbocycles. The fraction of sp³-hybridized carbons (Fsp3) is 0.0435. The van der Waals surface area contributed by atoms with Crippen LogP contribution in [0.5, 0.6) is 0 Å². The van der Waals surface area contributed by atoms with Gasteiger partial charge >= 0.3 is 0 Å². The van der Waals surface area contributed by atoms with Crippen LogP contribution in [-0.4, -0.2) is 0 Å². The molecule has 0 saturated carbocycles. The Hall–Kier alpha value is -2.27. The van der Waals surface area contributed by atoms with Crippen LogP contribution >= 0.6 is 27.5 Å². The maximum atomic E-state index is 6.03. The molecule has 0 aromatic heterocycles. The van der Waals surface area contributed by atoms with Gasteiger partial charge in [-0.2, -0.15) is 0 Å². The van der Waals surface area contributed by atoms with Gasteiger partial charge < -0.3 is 0 Å². The standard InChI is InChI=1S/C23H16BrCl/c24-23(20-9-5-2-6-10-20)17-21(19-13-15-22(25)16-14-19)12-11-18-7-3-1-4-8-18/h1-10,13-17,21H/b23-17-. The van der Waals surface area contributed by atoms with Gasteiger partial charge in [0.25, 0.3) is 0 Å². The zero-order valence-corrected chi connectivity index (χ0v) is 15.8. The van der Waals surface area contributed by atoms with Gasteiger partial charge in [-0.1, -0.05) is 106 Å². The van der Waals surface area contributed by atoms with Crippen molar-refractivity contribution >= 4 is 32.0 Å². The number of benzene rings is 3. The molecular formula is C23H16BrCl. The highest BCUT2D eigenvalue weighted by atomic mass is 79.9. The van der Waals surface area contributed by atoms with E-state index in [-0.39, 0.29) is 5.92 Å². The van der Waals surface area contributed by atoms with E-state index in [0.717, 1.165) is 26.2 Å². The van der Waals surface area contributed by atoms with Gasteiger partial charge in [0.05, 0.1) is 5.92 Å². The number of allylic oxidation sites excluding steroid dienone is 1. The van der Waals surface area contributed by atoms with E-state index in [2.05, 4.69) is 46.0 Å². The van der Waals surface area contributed by atoms with E-state index in [1.54, 1.807) is 0 Å². The first-order valence-electron chi connectivity index (χ1n) is 7.97. The predicted octanol–water partition coefficient (Wildman–Crippen LogP) is 6.91. The minimum Gasteiger partial charge on any atom is -0.0854 e. The minimum atomic E-state index is -0.0351. The topological polar surface area (TPSA) is 0 Å². The predicted molar refractivity (Wildman–Crippen MR) is 111 cm³/mol. The van der Waals surface area contributed by atoms with Crippen LogP contribution in [0.15, 0.2) is 91.0 Å². The van der Waals surface area contributed by atoms with E-state index in [4.69, 9.17) is 11.6 Å². The van der Waals surface area contributed by atoms with Crippen molar-refractivity contribution in [2.75, 3.05) is 0 Å². The lowest BCUT2D eigenvalue weighted by Crippen LogP contribution is -1.93. The fourth-order valence-corrected chi connectivity index (χ4v) is 3.07. The van der Waals surface area contributed by atoms with E-state index in [1.807, 2.05) is 72.8 Å². The van der Waals surface area contributed by atoms with Crippen molar-refractivity contribution in [1.29, 1.82) is 0 Å². The first-order valence-corrected chi connectivity index (χ1v) is 9.14. The number of hydrogen-bond acceptors (Lipinski definition) is 0. The third-order valence-corrected chi connectivity index (χ3v) is 4.71. The van der Waals surface area contributed by atoms with Gasteiger partial charge in [0, 0.05) is 15.1 Å². The molecule has 0 nitrogen and oxygen atoms in total. The van der Waals surface area contributed by atoms with Gasteiger partial charge in [-0.25, -0.2) is 0 Å². The lowest BCUT2D eigenvalue weighted by molar-refractivity contribution is 1.13. The second-order valence-corrected chi connectivity index (χ2v) is 6.84. The van der Waals surface area contributed by atoms with Crippen LogP contribution in [0, 0.1) is 11.8 Å². The fourth-order valence-electron chi connectivity index (χ4n) is 2.41. The molecular weight excluding hydrogens is 392 g/mol. The Morgan fingerprint density at radius 3 is 2.08 bits per heavy atom. The Balaban J connectivity index is 1.97. The normalized spacial score (nSPS) is 12.2. The number of rotatable bonds is 3. The molecule has 0 aliphatic heterocycles. The minimum absolute atomic E-state index is 0.0351. The lowest BCUT2D eigenvalue weighted by atomic mass is 9.97. The molecule has 3 aromatic rings. The molecule has 3 rings (SSSR count). The van der Waals surface area contributed by atoms with Gasteiger partial charge in [-0.05, 0) is 35.4 Å². The second-order valence-electron chi connectivity index (χ2n) is 5.55. The summed E-state index contributed by atoms with van der Waals surface area (Å²) in [7, 11) is 0. The summed E-state index contributed by atoms with van der Waals surface area (Å²) in [6.45, 7) is 0. The summed E-state index contributed by atoms with van der Waals surface area (Å²) in [5, 5.41) is 0.727. The number of halogens is 2. The highest BCUT2D eigenvalue weighted by Gasteiger charge is 2.08. The molecule has 0 spiro atoms. The summed E-state index contributed by atoms with van der Waals surface area (Å²) in [5.41, 5.74) is 3.24. The Kier molecular flexibility index (Phi) is 6.12. The lowest BCUT2D eigenvalue weighted by Gasteiger charge is -2.09. The largest absolute Gasteiger partial charge is 0.0854 e. The van der Waals surface area contributed by atoms with Crippen LogP contribution in [-0.2, 0) is 0 Å². The molecule has 2 heteroatoms. The highest BCUT2D eigenvalue weighted by molar-refractivity contribution is 9.15. The molecule has 0 aliphatic carbocycles. The van der Waals surface area contributed by atoms with Crippen molar-refractivity contribution < 1.29 is 0 Å². The third kappa shape index (κ3) is 5.10. The molecule has 0 aliphatic rings. The van der Waals surface area contributed by atoms with Crippen molar-refractivity contribution in [2.24, 2.45) is 0 Å². The van der Waals surface area contributed by atoms with E-state index < -0.39 is 0 Å². The van der Waals surface area contributed by atoms with E-state index in [9.17, 15) is 0 Å². The van der Waals surface area contributed by atoms with E-state index in [1.165, 1.54) is 0 Å². The Labute approximate surface area is 162 Å². The van der Waals surface area contributed by atoms with Gasteiger partial charge in [0.15, 0.2) is 0 Å². The van der Waals surface area contributed by atoms with Crippen LogP contribution in [0.3, 0.4) is 0 Å². The quantitative estimate of drug-likeness (QED) is 0.414. The summed E-state index contributed by atoms with van der Waals surface area (Å²) in [4.78, 5) is 0. The molecule has 0 bridgehead atoms. The third-order valence-electron chi connectivity index (χ3n) is 3.74. The van der Waals surface area contributed by atoms with Crippen LogP contribution < -0.4 is 0 Å². The second kappa shape index (κ2) is 8.72. The van der Waals surface area contributed by atoms with Crippen LogP contribution in [0.25, 0.3) is 4.48 Å². The summed E-state index contributed by atoms with van der Waals surface area (Å²) in [6, 6.07) is 28.1.